The topological polar surface area (TPSA) is 75.5 Å². The molecule has 0 aliphatic carbocycles. The molecule has 0 atom stereocenters. The summed E-state index contributed by atoms with van der Waals surface area (Å²) in [6, 6.07) is 14.3. The Balaban J connectivity index is 2.05. The minimum atomic E-state index is -0.468. The number of carbonyl (C=O) groups excluding carboxylic acids is 1. The molecule has 0 bridgehead atoms. The Labute approximate surface area is 153 Å². The van der Waals surface area contributed by atoms with Crippen molar-refractivity contribution in [2.75, 3.05) is 16.8 Å². The molecule has 0 unspecified atom stereocenters. The highest BCUT2D eigenvalue weighted by molar-refractivity contribution is 6.02. The summed E-state index contributed by atoms with van der Waals surface area (Å²) in [4.78, 5) is 24.8. The fourth-order valence-corrected chi connectivity index (χ4v) is 2.73. The van der Waals surface area contributed by atoms with Gasteiger partial charge >= 0.3 is 0 Å². The maximum absolute atomic E-state index is 12.1. The summed E-state index contributed by atoms with van der Waals surface area (Å²) in [6.45, 7) is 7.27. The van der Waals surface area contributed by atoms with E-state index in [0.29, 0.717) is 17.3 Å². The van der Waals surface area contributed by atoms with E-state index in [0.717, 1.165) is 12.2 Å². The fraction of sp³-hybridized carbons (Fsp3) is 0.250. The van der Waals surface area contributed by atoms with Crippen molar-refractivity contribution in [1.82, 2.24) is 0 Å². The predicted octanol–water partition coefficient (Wildman–Crippen LogP) is 4.48. The quantitative estimate of drug-likeness (QED) is 0.452. The van der Waals surface area contributed by atoms with Gasteiger partial charge in [0.2, 0.25) is 5.91 Å². The van der Waals surface area contributed by atoms with Crippen LogP contribution in [0, 0.1) is 10.1 Å². The van der Waals surface area contributed by atoms with Crippen molar-refractivity contribution in [2.45, 2.75) is 26.8 Å². The lowest BCUT2D eigenvalue weighted by Crippen LogP contribution is -2.30. The van der Waals surface area contributed by atoms with E-state index in [4.69, 9.17) is 0 Å². The van der Waals surface area contributed by atoms with E-state index < -0.39 is 4.92 Å². The summed E-state index contributed by atoms with van der Waals surface area (Å²) in [5, 5.41) is 13.7. The predicted molar refractivity (Wildman–Crippen MR) is 105 cm³/mol. The zero-order chi connectivity index (χ0) is 19.1. The second kappa shape index (κ2) is 8.80. The standard InChI is InChI=1S/C20H23N3O3/c1-4-22(15(2)3)18-12-10-17(11-13-18)21-20(24)14-9-16-7-5-6-8-19(16)23(25)26/h5-15H,4H2,1-3H3,(H,21,24)/b14-9+. The van der Waals surface area contributed by atoms with Crippen molar-refractivity contribution < 1.29 is 9.72 Å². The van der Waals surface area contributed by atoms with Crippen molar-refractivity contribution >= 4 is 29.0 Å². The van der Waals surface area contributed by atoms with Crippen LogP contribution in [0.3, 0.4) is 0 Å². The molecule has 26 heavy (non-hydrogen) atoms. The number of nitrogens with zero attached hydrogens (tertiary/aromatic N) is 2. The Kier molecular flexibility index (Phi) is 6.49. The third-order valence-electron chi connectivity index (χ3n) is 3.98. The molecule has 0 aliphatic rings. The van der Waals surface area contributed by atoms with Crippen molar-refractivity contribution in [3.05, 3.63) is 70.3 Å². The van der Waals surface area contributed by atoms with E-state index in [2.05, 4.69) is 31.0 Å². The van der Waals surface area contributed by atoms with Crippen LogP contribution >= 0.6 is 0 Å². The smallest absolute Gasteiger partial charge is 0.276 e. The first kappa shape index (κ1) is 19.2. The van der Waals surface area contributed by atoms with Crippen LogP contribution in [0.2, 0.25) is 0 Å². The third kappa shape index (κ3) is 4.92. The molecule has 0 saturated carbocycles. The number of benzene rings is 2. The number of hydrogen-bond donors (Lipinski definition) is 1. The molecular weight excluding hydrogens is 330 g/mol. The van der Waals surface area contributed by atoms with E-state index in [1.807, 2.05) is 24.3 Å². The number of hydrogen-bond acceptors (Lipinski definition) is 4. The molecule has 2 aromatic rings. The summed E-state index contributed by atoms with van der Waals surface area (Å²) < 4.78 is 0. The molecule has 0 fully saturated rings. The first-order valence-electron chi connectivity index (χ1n) is 8.51. The number of nitro benzene ring substituents is 1. The molecule has 2 rings (SSSR count). The van der Waals surface area contributed by atoms with Crippen LogP contribution in [-0.4, -0.2) is 23.4 Å². The molecule has 0 aromatic heterocycles. The summed E-state index contributed by atoms with van der Waals surface area (Å²) in [7, 11) is 0. The van der Waals surface area contributed by atoms with Crippen molar-refractivity contribution in [2.24, 2.45) is 0 Å². The van der Waals surface area contributed by atoms with E-state index in [9.17, 15) is 14.9 Å². The zero-order valence-corrected chi connectivity index (χ0v) is 15.2. The van der Waals surface area contributed by atoms with E-state index in [1.165, 1.54) is 18.2 Å². The highest BCUT2D eigenvalue weighted by atomic mass is 16.6. The molecule has 6 nitrogen and oxygen atoms in total. The summed E-state index contributed by atoms with van der Waals surface area (Å²) in [5.41, 5.74) is 2.12. The minimum Gasteiger partial charge on any atom is -0.369 e. The molecular formula is C20H23N3O3. The summed E-state index contributed by atoms with van der Waals surface area (Å²) >= 11 is 0. The van der Waals surface area contributed by atoms with E-state index >= 15 is 0 Å². The Morgan fingerprint density at radius 3 is 2.42 bits per heavy atom. The lowest BCUT2D eigenvalue weighted by Gasteiger charge is -2.27. The Hall–Kier alpha value is -3.15. The summed E-state index contributed by atoms with van der Waals surface area (Å²) in [6.07, 6.45) is 2.74. The average molecular weight is 353 g/mol. The van der Waals surface area contributed by atoms with Crippen molar-refractivity contribution in [3.63, 3.8) is 0 Å². The molecule has 0 saturated heterocycles. The Morgan fingerprint density at radius 2 is 1.85 bits per heavy atom. The number of anilines is 2. The van der Waals surface area contributed by atoms with Gasteiger partial charge in [0.1, 0.15) is 0 Å². The molecule has 0 aliphatic heterocycles. The van der Waals surface area contributed by atoms with Gasteiger partial charge in [-0.2, -0.15) is 0 Å². The Morgan fingerprint density at radius 1 is 1.19 bits per heavy atom. The van der Waals surface area contributed by atoms with E-state index in [-0.39, 0.29) is 11.6 Å². The van der Waals surface area contributed by atoms with Crippen LogP contribution in [0.5, 0.6) is 0 Å². The van der Waals surface area contributed by atoms with Crippen LogP contribution < -0.4 is 10.2 Å². The van der Waals surface area contributed by atoms with E-state index in [1.54, 1.807) is 18.2 Å². The normalized spacial score (nSPS) is 10.9. The highest BCUT2D eigenvalue weighted by Crippen LogP contribution is 2.21. The average Bonchev–Trinajstić information content (AvgIpc) is 2.62. The SMILES string of the molecule is CCN(c1ccc(NC(=O)/C=C/c2ccccc2[N+](=O)[O-])cc1)C(C)C. The third-order valence-corrected chi connectivity index (χ3v) is 3.98. The highest BCUT2D eigenvalue weighted by Gasteiger charge is 2.10. The van der Waals surface area contributed by atoms with Crippen LogP contribution in [0.1, 0.15) is 26.3 Å². The monoisotopic (exact) mass is 353 g/mol. The van der Waals surface area contributed by atoms with Gasteiger partial charge in [-0.1, -0.05) is 12.1 Å². The number of nitrogens with one attached hydrogen (secondary N) is 1. The van der Waals surface area contributed by atoms with Gasteiger partial charge < -0.3 is 10.2 Å². The molecule has 1 amide bonds. The van der Waals surface area contributed by atoms with Gasteiger partial charge in [-0.25, -0.2) is 0 Å². The number of amides is 1. The molecule has 1 N–H and O–H groups in total. The minimum absolute atomic E-state index is 0.0331. The molecule has 6 heteroatoms. The molecule has 0 radical (unpaired) electrons. The zero-order valence-electron chi connectivity index (χ0n) is 15.2. The second-order valence-corrected chi connectivity index (χ2v) is 6.07. The Bertz CT molecular complexity index is 798. The molecule has 2 aromatic carbocycles. The first-order valence-corrected chi connectivity index (χ1v) is 8.51. The van der Waals surface area contributed by atoms with Crippen molar-refractivity contribution in [3.8, 4) is 0 Å². The molecule has 0 heterocycles. The van der Waals surface area contributed by atoms with Crippen LogP contribution in [-0.2, 0) is 4.79 Å². The largest absolute Gasteiger partial charge is 0.369 e. The van der Waals surface area contributed by atoms with Gasteiger partial charge in [0.15, 0.2) is 0 Å². The van der Waals surface area contributed by atoms with Gasteiger partial charge in [-0.3, -0.25) is 14.9 Å². The van der Waals surface area contributed by atoms with Gasteiger partial charge in [-0.15, -0.1) is 0 Å². The van der Waals surface area contributed by atoms with Gasteiger partial charge in [0.05, 0.1) is 10.5 Å². The fourth-order valence-electron chi connectivity index (χ4n) is 2.73. The lowest BCUT2D eigenvalue weighted by molar-refractivity contribution is -0.385. The number of nitro groups is 1. The van der Waals surface area contributed by atoms with Crippen LogP contribution in [0.4, 0.5) is 17.1 Å². The summed E-state index contributed by atoms with van der Waals surface area (Å²) in [5.74, 6) is -0.341. The number of para-hydroxylation sites is 1. The first-order chi connectivity index (χ1) is 12.4. The van der Waals surface area contributed by atoms with Crippen LogP contribution in [0.15, 0.2) is 54.6 Å². The second-order valence-electron chi connectivity index (χ2n) is 6.07. The van der Waals surface area contributed by atoms with Gasteiger partial charge in [0.25, 0.3) is 5.69 Å². The van der Waals surface area contributed by atoms with Crippen molar-refractivity contribution in [1.29, 1.82) is 0 Å². The molecule has 0 spiro atoms. The maximum Gasteiger partial charge on any atom is 0.276 e. The lowest BCUT2D eigenvalue weighted by atomic mass is 10.1. The van der Waals surface area contributed by atoms with Gasteiger partial charge in [0, 0.05) is 36.1 Å². The van der Waals surface area contributed by atoms with Crippen LogP contribution in [0.25, 0.3) is 6.08 Å². The maximum atomic E-state index is 12.1. The number of carbonyl (C=O) groups is 1. The number of rotatable bonds is 7. The molecule has 136 valence electrons. The van der Waals surface area contributed by atoms with Gasteiger partial charge in [-0.05, 0) is 57.2 Å².